The molecule has 0 fully saturated rings. The third kappa shape index (κ3) is 7.35. The summed E-state index contributed by atoms with van der Waals surface area (Å²) in [6.45, 7) is 8.18. The van der Waals surface area contributed by atoms with Gasteiger partial charge in [-0.2, -0.15) is 5.10 Å². The lowest BCUT2D eigenvalue weighted by atomic mass is 10.2. The van der Waals surface area contributed by atoms with E-state index in [1.807, 2.05) is 16.8 Å². The number of carbonyl (C=O) groups is 1. The molecule has 1 amide bonds. The second-order valence-electron chi connectivity index (χ2n) is 8.32. The Balaban J connectivity index is 1.65. The van der Waals surface area contributed by atoms with Crippen LogP contribution in [0.4, 0.5) is 5.82 Å². The van der Waals surface area contributed by atoms with Gasteiger partial charge in [0.25, 0.3) is 0 Å². The number of nitrogens with one attached hydrogen (secondary N) is 2. The second kappa shape index (κ2) is 13.0. The predicted molar refractivity (Wildman–Crippen MR) is 141 cm³/mol. The highest BCUT2D eigenvalue weighted by molar-refractivity contribution is 7.99. The van der Waals surface area contributed by atoms with Crippen molar-refractivity contribution < 1.29 is 14.3 Å². The minimum atomic E-state index is -0.190. The molecule has 0 unspecified atom stereocenters. The molecule has 2 N–H and O–H groups in total. The first-order valence-corrected chi connectivity index (χ1v) is 12.7. The van der Waals surface area contributed by atoms with Gasteiger partial charge in [0.2, 0.25) is 5.91 Å². The minimum absolute atomic E-state index is 0.190. The number of ether oxygens (including phenoxy) is 2. The average Bonchev–Trinajstić information content (AvgIpc) is 3.27. The molecule has 3 aromatic rings. The largest absolute Gasteiger partial charge is 0.493 e. The van der Waals surface area contributed by atoms with Crippen molar-refractivity contribution in [2.24, 2.45) is 5.92 Å². The van der Waals surface area contributed by atoms with E-state index in [0.717, 1.165) is 46.3 Å². The van der Waals surface area contributed by atoms with E-state index < -0.39 is 0 Å². The molecule has 1 aromatic carbocycles. The Morgan fingerprint density at radius 2 is 2.00 bits per heavy atom. The number of hydrogen-bond acceptors (Lipinski definition) is 8. The van der Waals surface area contributed by atoms with Gasteiger partial charge >= 0.3 is 0 Å². The standard InChI is InChI=1S/C25H34N6O3S/c1-6-13-35-25-29-23(27-15-17(2)3)19-16-28-31(24(19)30-25)12-11-26-22(32)10-8-18-7-9-20(33-4)21(14-18)34-5/h7-10,14,16-17H,6,11-13,15H2,1-5H3,(H,26,32)(H,27,29,30)/b10-8-. The maximum absolute atomic E-state index is 12.3. The van der Waals surface area contributed by atoms with Crippen molar-refractivity contribution >= 4 is 40.6 Å². The number of amides is 1. The first-order chi connectivity index (χ1) is 16.9. The zero-order valence-corrected chi connectivity index (χ0v) is 21.8. The van der Waals surface area contributed by atoms with E-state index in [4.69, 9.17) is 19.4 Å². The van der Waals surface area contributed by atoms with Gasteiger partial charge in [0.1, 0.15) is 5.82 Å². The molecule has 0 aliphatic carbocycles. The van der Waals surface area contributed by atoms with Crippen molar-refractivity contribution in [3.05, 3.63) is 36.0 Å². The molecule has 10 heteroatoms. The summed E-state index contributed by atoms with van der Waals surface area (Å²) in [5.41, 5.74) is 1.60. The van der Waals surface area contributed by atoms with E-state index >= 15 is 0 Å². The third-order valence-corrected chi connectivity index (χ3v) is 6.10. The van der Waals surface area contributed by atoms with Crippen LogP contribution in [0.15, 0.2) is 35.6 Å². The van der Waals surface area contributed by atoms with Crippen LogP contribution in [0.25, 0.3) is 17.1 Å². The summed E-state index contributed by atoms with van der Waals surface area (Å²) in [4.78, 5) is 21.8. The van der Waals surface area contributed by atoms with Crippen molar-refractivity contribution in [1.82, 2.24) is 25.1 Å². The van der Waals surface area contributed by atoms with Gasteiger partial charge in [0.15, 0.2) is 22.3 Å². The highest BCUT2D eigenvalue weighted by Crippen LogP contribution is 2.28. The van der Waals surface area contributed by atoms with Crippen molar-refractivity contribution in [2.45, 2.75) is 38.9 Å². The van der Waals surface area contributed by atoms with E-state index in [2.05, 4.69) is 36.5 Å². The third-order valence-electron chi connectivity index (χ3n) is 5.05. The average molecular weight is 499 g/mol. The molecule has 0 spiro atoms. The van der Waals surface area contributed by atoms with Gasteiger partial charge in [-0.1, -0.05) is 38.6 Å². The molecule has 2 aromatic heterocycles. The Hall–Kier alpha value is -3.27. The van der Waals surface area contributed by atoms with Crippen LogP contribution in [0.5, 0.6) is 11.5 Å². The smallest absolute Gasteiger partial charge is 0.244 e. The fourth-order valence-electron chi connectivity index (χ4n) is 3.26. The van der Waals surface area contributed by atoms with Crippen molar-refractivity contribution in [3.63, 3.8) is 0 Å². The molecule has 0 atom stereocenters. The van der Waals surface area contributed by atoms with Crippen LogP contribution in [-0.2, 0) is 11.3 Å². The Morgan fingerprint density at radius 3 is 2.71 bits per heavy atom. The zero-order valence-electron chi connectivity index (χ0n) is 21.0. The fourth-order valence-corrected chi connectivity index (χ4v) is 3.96. The van der Waals surface area contributed by atoms with E-state index in [9.17, 15) is 4.79 Å². The topological polar surface area (TPSA) is 103 Å². The molecule has 3 rings (SSSR count). The van der Waals surface area contributed by atoms with Crippen LogP contribution in [0.1, 0.15) is 32.8 Å². The first kappa shape index (κ1) is 26.3. The number of carbonyl (C=O) groups excluding carboxylic acids is 1. The number of anilines is 1. The fraction of sp³-hybridized carbons (Fsp3) is 0.440. The molecule has 0 radical (unpaired) electrons. The maximum atomic E-state index is 12.3. The van der Waals surface area contributed by atoms with Crippen molar-refractivity contribution in [3.8, 4) is 11.5 Å². The summed E-state index contributed by atoms with van der Waals surface area (Å²) in [5.74, 6) is 3.31. The maximum Gasteiger partial charge on any atom is 0.244 e. The number of benzene rings is 1. The Kier molecular flexibility index (Phi) is 9.77. The number of aromatic nitrogens is 4. The van der Waals surface area contributed by atoms with Gasteiger partial charge in [-0.15, -0.1) is 0 Å². The Labute approximate surface area is 210 Å². The molecule has 2 heterocycles. The number of nitrogens with zero attached hydrogens (tertiary/aromatic N) is 4. The van der Waals surface area contributed by atoms with Gasteiger partial charge in [-0.3, -0.25) is 4.79 Å². The Bertz CT molecular complexity index is 1160. The van der Waals surface area contributed by atoms with Crippen molar-refractivity contribution in [1.29, 1.82) is 0 Å². The van der Waals surface area contributed by atoms with Crippen LogP contribution < -0.4 is 20.1 Å². The Morgan fingerprint density at radius 1 is 1.20 bits per heavy atom. The van der Waals surface area contributed by atoms with Gasteiger partial charge in [0, 0.05) is 24.9 Å². The molecule has 0 aliphatic rings. The van der Waals surface area contributed by atoms with Gasteiger partial charge < -0.3 is 20.1 Å². The zero-order chi connectivity index (χ0) is 25.2. The lowest BCUT2D eigenvalue weighted by Crippen LogP contribution is -2.25. The number of hydrogen-bond donors (Lipinski definition) is 2. The van der Waals surface area contributed by atoms with Crippen LogP contribution in [0.2, 0.25) is 0 Å². The van der Waals surface area contributed by atoms with Crippen LogP contribution >= 0.6 is 11.8 Å². The molecule has 0 bridgehead atoms. The summed E-state index contributed by atoms with van der Waals surface area (Å²) in [7, 11) is 3.17. The van der Waals surface area contributed by atoms with Gasteiger partial charge in [-0.05, 0) is 36.1 Å². The number of thioether (sulfide) groups is 1. The molecule has 35 heavy (non-hydrogen) atoms. The highest BCUT2D eigenvalue weighted by atomic mass is 32.2. The molecular weight excluding hydrogens is 464 g/mol. The normalized spacial score (nSPS) is 11.4. The van der Waals surface area contributed by atoms with Crippen LogP contribution in [0.3, 0.4) is 0 Å². The van der Waals surface area contributed by atoms with Gasteiger partial charge in [0.05, 0.1) is 32.3 Å². The number of methoxy groups -OCH3 is 2. The van der Waals surface area contributed by atoms with Crippen LogP contribution in [-0.4, -0.2) is 58.7 Å². The first-order valence-electron chi connectivity index (χ1n) is 11.7. The monoisotopic (exact) mass is 498 g/mol. The molecule has 188 valence electrons. The van der Waals surface area contributed by atoms with Gasteiger partial charge in [-0.25, -0.2) is 14.6 Å². The minimum Gasteiger partial charge on any atom is -0.493 e. The molecule has 9 nitrogen and oxygen atoms in total. The summed E-state index contributed by atoms with van der Waals surface area (Å²) in [5, 5.41) is 12.4. The predicted octanol–water partition coefficient (Wildman–Crippen LogP) is 4.24. The summed E-state index contributed by atoms with van der Waals surface area (Å²) >= 11 is 1.63. The second-order valence-corrected chi connectivity index (χ2v) is 9.38. The van der Waals surface area contributed by atoms with Crippen molar-refractivity contribution in [2.75, 3.05) is 38.4 Å². The summed E-state index contributed by atoms with van der Waals surface area (Å²) < 4.78 is 12.4. The lowest BCUT2D eigenvalue weighted by Gasteiger charge is -2.11. The number of rotatable bonds is 13. The van der Waals surface area contributed by atoms with E-state index in [1.165, 1.54) is 6.08 Å². The quantitative estimate of drug-likeness (QED) is 0.205. The van der Waals surface area contributed by atoms with E-state index in [1.54, 1.807) is 44.3 Å². The molecular formula is C25H34N6O3S. The van der Waals surface area contributed by atoms with E-state index in [0.29, 0.717) is 30.5 Å². The SMILES string of the molecule is CCCSc1nc(NCC(C)C)c2cnn(CCNC(=O)/C=C\c3ccc(OC)c(OC)c3)c2n1. The van der Waals surface area contributed by atoms with Crippen LogP contribution in [0, 0.1) is 5.92 Å². The lowest BCUT2D eigenvalue weighted by molar-refractivity contribution is -0.116. The van der Waals surface area contributed by atoms with E-state index in [-0.39, 0.29) is 5.91 Å². The molecule has 0 aliphatic heterocycles. The molecule has 0 saturated heterocycles. The number of fused-ring (bicyclic) bond motifs is 1. The summed E-state index contributed by atoms with van der Waals surface area (Å²) in [6.07, 6.45) is 6.06. The summed E-state index contributed by atoms with van der Waals surface area (Å²) in [6, 6.07) is 5.48. The highest BCUT2D eigenvalue weighted by Gasteiger charge is 2.14. The molecule has 0 saturated carbocycles.